The molecule has 1 fully saturated rings. The van der Waals surface area contributed by atoms with E-state index in [9.17, 15) is 4.39 Å². The molecule has 0 spiro atoms. The summed E-state index contributed by atoms with van der Waals surface area (Å²) < 4.78 is 20.3. The molecule has 1 aromatic carbocycles. The number of nitrogens with zero attached hydrogens (tertiary/aromatic N) is 1. The Morgan fingerprint density at radius 2 is 2.10 bits per heavy atom. The van der Waals surface area contributed by atoms with Gasteiger partial charge in [-0.25, -0.2) is 4.39 Å². The van der Waals surface area contributed by atoms with Crippen molar-refractivity contribution in [2.24, 2.45) is 0 Å². The number of likely N-dealkylation sites (tertiary alicyclic amines) is 1. The van der Waals surface area contributed by atoms with E-state index in [-0.39, 0.29) is 18.0 Å². The summed E-state index contributed by atoms with van der Waals surface area (Å²) in [5, 5.41) is 3.35. The number of halogens is 1. The van der Waals surface area contributed by atoms with Gasteiger partial charge >= 0.3 is 0 Å². The predicted molar refractivity (Wildman–Crippen MR) is 84.3 cm³/mol. The normalized spacial score (nSPS) is 18.7. The number of hydrogen-bond donors (Lipinski definition) is 1. The van der Waals surface area contributed by atoms with Gasteiger partial charge in [-0.05, 0) is 51.9 Å². The Morgan fingerprint density at radius 1 is 1.38 bits per heavy atom. The van der Waals surface area contributed by atoms with Crippen molar-refractivity contribution in [2.75, 3.05) is 26.7 Å². The quantitative estimate of drug-likeness (QED) is 0.870. The molecule has 0 aliphatic carbocycles. The van der Waals surface area contributed by atoms with Crippen LogP contribution in [-0.2, 0) is 0 Å². The van der Waals surface area contributed by atoms with Crippen molar-refractivity contribution in [3.05, 3.63) is 29.6 Å². The maximum atomic E-state index is 14.2. The predicted octanol–water partition coefficient (Wildman–Crippen LogP) is 3.36. The Labute approximate surface area is 127 Å². The van der Waals surface area contributed by atoms with Gasteiger partial charge in [0.25, 0.3) is 0 Å². The average molecular weight is 294 g/mol. The number of rotatable bonds is 6. The second-order valence-corrected chi connectivity index (χ2v) is 5.95. The van der Waals surface area contributed by atoms with Gasteiger partial charge in [0.2, 0.25) is 0 Å². The molecule has 1 aromatic rings. The molecular weight excluding hydrogens is 267 g/mol. The molecule has 1 saturated heterocycles. The Bertz CT molecular complexity index is 444. The van der Waals surface area contributed by atoms with E-state index in [0.717, 1.165) is 38.9 Å². The molecule has 1 N–H and O–H groups in total. The SMILES string of the molecule is CCCNC(C)c1c(F)cccc1OC1CCN(C)CC1. The minimum Gasteiger partial charge on any atom is -0.490 e. The Hall–Kier alpha value is -1.13. The molecule has 0 bridgehead atoms. The molecule has 2 rings (SSSR count). The van der Waals surface area contributed by atoms with Crippen molar-refractivity contribution in [1.82, 2.24) is 10.2 Å². The Balaban J connectivity index is 2.09. The molecule has 1 unspecified atom stereocenters. The lowest BCUT2D eigenvalue weighted by Gasteiger charge is -2.30. The van der Waals surface area contributed by atoms with E-state index in [4.69, 9.17) is 4.74 Å². The van der Waals surface area contributed by atoms with Crippen LogP contribution in [0.25, 0.3) is 0 Å². The minimum absolute atomic E-state index is 0.0348. The summed E-state index contributed by atoms with van der Waals surface area (Å²) in [4.78, 5) is 2.30. The van der Waals surface area contributed by atoms with Crippen molar-refractivity contribution in [3.63, 3.8) is 0 Å². The summed E-state index contributed by atoms with van der Waals surface area (Å²) in [5.41, 5.74) is 0.657. The van der Waals surface area contributed by atoms with Gasteiger partial charge in [-0.15, -0.1) is 0 Å². The van der Waals surface area contributed by atoms with Crippen LogP contribution >= 0.6 is 0 Å². The molecule has 21 heavy (non-hydrogen) atoms. The first kappa shape index (κ1) is 16.2. The van der Waals surface area contributed by atoms with Crippen molar-refractivity contribution < 1.29 is 9.13 Å². The van der Waals surface area contributed by atoms with E-state index in [2.05, 4.69) is 24.2 Å². The molecule has 0 saturated carbocycles. The van der Waals surface area contributed by atoms with E-state index >= 15 is 0 Å². The summed E-state index contributed by atoms with van der Waals surface area (Å²) in [6.45, 7) is 7.06. The van der Waals surface area contributed by atoms with Gasteiger partial charge in [-0.2, -0.15) is 0 Å². The fourth-order valence-corrected chi connectivity index (χ4v) is 2.79. The van der Waals surface area contributed by atoms with Gasteiger partial charge in [-0.1, -0.05) is 13.0 Å². The average Bonchev–Trinajstić information content (AvgIpc) is 2.47. The zero-order valence-electron chi connectivity index (χ0n) is 13.4. The van der Waals surface area contributed by atoms with E-state index in [1.807, 2.05) is 13.0 Å². The van der Waals surface area contributed by atoms with Gasteiger partial charge in [0.1, 0.15) is 17.7 Å². The zero-order valence-corrected chi connectivity index (χ0v) is 13.4. The summed E-state index contributed by atoms with van der Waals surface area (Å²) >= 11 is 0. The molecule has 4 heteroatoms. The number of hydrogen-bond acceptors (Lipinski definition) is 3. The van der Waals surface area contributed by atoms with Crippen LogP contribution in [0.4, 0.5) is 4.39 Å². The molecule has 1 heterocycles. The van der Waals surface area contributed by atoms with Crippen LogP contribution in [0, 0.1) is 5.82 Å². The van der Waals surface area contributed by atoms with Crippen LogP contribution in [0.1, 0.15) is 44.7 Å². The van der Waals surface area contributed by atoms with Gasteiger partial charge in [0.15, 0.2) is 0 Å². The van der Waals surface area contributed by atoms with Gasteiger partial charge in [0, 0.05) is 24.7 Å². The van der Waals surface area contributed by atoms with Crippen LogP contribution in [-0.4, -0.2) is 37.7 Å². The number of nitrogens with one attached hydrogen (secondary N) is 1. The van der Waals surface area contributed by atoms with Crippen LogP contribution in [0.3, 0.4) is 0 Å². The van der Waals surface area contributed by atoms with E-state index in [1.54, 1.807) is 6.07 Å². The summed E-state index contributed by atoms with van der Waals surface area (Å²) in [7, 11) is 2.13. The summed E-state index contributed by atoms with van der Waals surface area (Å²) in [6, 6.07) is 5.10. The molecule has 1 atom stereocenters. The monoisotopic (exact) mass is 294 g/mol. The van der Waals surface area contributed by atoms with Crippen molar-refractivity contribution in [1.29, 1.82) is 0 Å². The number of piperidine rings is 1. The highest BCUT2D eigenvalue weighted by atomic mass is 19.1. The van der Waals surface area contributed by atoms with E-state index in [0.29, 0.717) is 11.3 Å². The summed E-state index contributed by atoms with van der Waals surface area (Å²) in [5.74, 6) is 0.511. The molecule has 0 amide bonds. The van der Waals surface area contributed by atoms with Gasteiger partial charge < -0.3 is 15.0 Å². The second-order valence-electron chi connectivity index (χ2n) is 5.95. The van der Waals surface area contributed by atoms with Gasteiger partial charge in [0.05, 0.1) is 0 Å². The van der Waals surface area contributed by atoms with Crippen LogP contribution < -0.4 is 10.1 Å². The third-order valence-corrected chi connectivity index (χ3v) is 4.11. The Morgan fingerprint density at radius 3 is 2.76 bits per heavy atom. The minimum atomic E-state index is -0.184. The van der Waals surface area contributed by atoms with Crippen LogP contribution in [0.2, 0.25) is 0 Å². The molecular formula is C17H27FN2O. The Kier molecular flexibility index (Phi) is 6.00. The third-order valence-electron chi connectivity index (χ3n) is 4.11. The lowest BCUT2D eigenvalue weighted by Crippen LogP contribution is -2.36. The second kappa shape index (κ2) is 7.76. The van der Waals surface area contributed by atoms with Crippen LogP contribution in [0.5, 0.6) is 5.75 Å². The van der Waals surface area contributed by atoms with Crippen molar-refractivity contribution >= 4 is 0 Å². The number of ether oxygens (including phenoxy) is 1. The molecule has 0 aromatic heterocycles. The number of benzene rings is 1. The highest BCUT2D eigenvalue weighted by Gasteiger charge is 2.22. The smallest absolute Gasteiger partial charge is 0.131 e. The molecule has 1 aliphatic rings. The lowest BCUT2D eigenvalue weighted by molar-refractivity contribution is 0.112. The molecule has 0 radical (unpaired) electrons. The maximum absolute atomic E-state index is 14.2. The zero-order chi connectivity index (χ0) is 15.2. The maximum Gasteiger partial charge on any atom is 0.131 e. The highest BCUT2D eigenvalue weighted by molar-refractivity contribution is 5.37. The first-order valence-corrected chi connectivity index (χ1v) is 7.98. The fraction of sp³-hybridized carbons (Fsp3) is 0.647. The molecule has 3 nitrogen and oxygen atoms in total. The summed E-state index contributed by atoms with van der Waals surface area (Å²) in [6.07, 6.45) is 3.23. The topological polar surface area (TPSA) is 24.5 Å². The van der Waals surface area contributed by atoms with Crippen molar-refractivity contribution in [2.45, 2.75) is 45.3 Å². The molecule has 1 aliphatic heterocycles. The molecule has 118 valence electrons. The lowest BCUT2D eigenvalue weighted by atomic mass is 10.0. The first-order valence-electron chi connectivity index (χ1n) is 7.98. The largest absolute Gasteiger partial charge is 0.490 e. The van der Waals surface area contributed by atoms with E-state index in [1.165, 1.54) is 6.07 Å². The third kappa shape index (κ3) is 4.42. The van der Waals surface area contributed by atoms with Gasteiger partial charge in [-0.3, -0.25) is 0 Å². The fourth-order valence-electron chi connectivity index (χ4n) is 2.79. The standard InChI is InChI=1S/C17H27FN2O/c1-4-10-19-13(2)17-15(18)6-5-7-16(17)21-14-8-11-20(3)12-9-14/h5-7,13-14,19H,4,8-12H2,1-3H3. The highest BCUT2D eigenvalue weighted by Crippen LogP contribution is 2.30. The van der Waals surface area contributed by atoms with E-state index < -0.39 is 0 Å². The van der Waals surface area contributed by atoms with Crippen molar-refractivity contribution in [3.8, 4) is 5.75 Å². The first-order chi connectivity index (χ1) is 10.1. The van der Waals surface area contributed by atoms with Crippen LogP contribution in [0.15, 0.2) is 18.2 Å².